The Morgan fingerprint density at radius 2 is 1.77 bits per heavy atom. The van der Waals surface area contributed by atoms with Crippen molar-refractivity contribution < 1.29 is 28.0 Å². The van der Waals surface area contributed by atoms with Crippen molar-refractivity contribution in [3.8, 4) is 11.5 Å². The molecule has 0 saturated carbocycles. The fourth-order valence-corrected chi connectivity index (χ4v) is 4.52. The highest BCUT2D eigenvalue weighted by molar-refractivity contribution is 5.99. The highest BCUT2D eigenvalue weighted by atomic mass is 19.1. The van der Waals surface area contributed by atoms with Gasteiger partial charge in [0.15, 0.2) is 16.9 Å². The van der Waals surface area contributed by atoms with Crippen LogP contribution in [0.1, 0.15) is 33.3 Å². The average Bonchev–Trinajstić information content (AvgIpc) is 3.43. The molecule has 3 heterocycles. The lowest BCUT2D eigenvalue weighted by Crippen LogP contribution is -2.29. The minimum absolute atomic E-state index is 0.00777. The average molecular weight is 474 g/mol. The number of amides is 1. The molecule has 2 aliphatic heterocycles. The first-order chi connectivity index (χ1) is 16.9. The molecule has 1 aromatic heterocycles. The quantitative estimate of drug-likeness (QED) is 0.320. The maximum atomic E-state index is 13.9. The van der Waals surface area contributed by atoms with Gasteiger partial charge < -0.3 is 18.8 Å². The number of ether oxygens (including phenoxy) is 2. The fourth-order valence-electron chi connectivity index (χ4n) is 4.52. The van der Waals surface area contributed by atoms with Crippen LogP contribution in [-0.2, 0) is 6.54 Å². The Hall–Kier alpha value is -4.73. The molecule has 1 unspecified atom stereocenters. The predicted octanol–water partition coefficient (Wildman–Crippen LogP) is 4.31. The Bertz CT molecular complexity index is 1600. The van der Waals surface area contributed by atoms with Crippen molar-refractivity contribution in [1.82, 2.24) is 4.90 Å². The van der Waals surface area contributed by atoms with E-state index in [0.29, 0.717) is 22.6 Å². The van der Waals surface area contributed by atoms with Gasteiger partial charge >= 0.3 is 0 Å². The summed E-state index contributed by atoms with van der Waals surface area (Å²) in [5.74, 6) is -0.156. The van der Waals surface area contributed by atoms with E-state index in [1.165, 1.54) is 35.2 Å². The summed E-state index contributed by atoms with van der Waals surface area (Å²) in [6.07, 6.45) is 0. The monoisotopic (exact) mass is 474 g/mol. The number of carbonyl (C=O) groups is 1. The first-order valence-electron chi connectivity index (χ1n) is 10.6. The Kier molecular flexibility index (Phi) is 4.56. The van der Waals surface area contributed by atoms with Gasteiger partial charge in [-0.15, -0.1) is 0 Å². The summed E-state index contributed by atoms with van der Waals surface area (Å²) in [6.45, 7) is 0.186. The number of hydrogen-bond acceptors (Lipinski definition) is 7. The van der Waals surface area contributed by atoms with Crippen LogP contribution in [0.3, 0.4) is 0 Å². The first-order valence-corrected chi connectivity index (χ1v) is 10.6. The number of nitro benzene ring substituents is 1. The van der Waals surface area contributed by atoms with E-state index in [0.717, 1.165) is 12.1 Å². The molecule has 6 rings (SSSR count). The third-order valence-electron chi connectivity index (χ3n) is 6.14. The lowest BCUT2D eigenvalue weighted by molar-refractivity contribution is -0.384. The molecule has 0 N–H and O–H groups in total. The molecule has 0 fully saturated rings. The second-order valence-corrected chi connectivity index (χ2v) is 8.19. The summed E-state index contributed by atoms with van der Waals surface area (Å²) in [7, 11) is 0. The molecule has 3 aromatic carbocycles. The van der Waals surface area contributed by atoms with Crippen molar-refractivity contribution in [3.05, 3.63) is 109 Å². The van der Waals surface area contributed by atoms with Gasteiger partial charge in [-0.2, -0.15) is 0 Å². The van der Waals surface area contributed by atoms with Gasteiger partial charge in [0.1, 0.15) is 11.4 Å². The molecule has 2 aliphatic rings. The standard InChI is InChI=1S/C25H15FN2O7/c26-15-4-8-18-17(10-15)23(29)21-22(14-2-5-16(6-3-14)28(31)32)27(25(30)24(21)35-18)11-13-1-7-19-20(9-13)34-12-33-19/h1-10,22H,11-12H2. The van der Waals surface area contributed by atoms with Crippen LogP contribution in [0.5, 0.6) is 11.5 Å². The topological polar surface area (TPSA) is 112 Å². The number of nitrogens with zero attached hydrogens (tertiary/aromatic N) is 2. The van der Waals surface area contributed by atoms with Crippen molar-refractivity contribution in [2.75, 3.05) is 6.79 Å². The second-order valence-electron chi connectivity index (χ2n) is 8.19. The van der Waals surface area contributed by atoms with Crippen LogP contribution < -0.4 is 14.9 Å². The summed E-state index contributed by atoms with van der Waals surface area (Å²) < 4.78 is 30.5. The third-order valence-corrected chi connectivity index (χ3v) is 6.14. The van der Waals surface area contributed by atoms with Crippen LogP contribution in [-0.4, -0.2) is 22.5 Å². The molecular formula is C25H15FN2O7. The van der Waals surface area contributed by atoms with Gasteiger partial charge in [-0.25, -0.2) is 4.39 Å². The maximum Gasteiger partial charge on any atom is 0.291 e. The summed E-state index contributed by atoms with van der Waals surface area (Å²) in [4.78, 5) is 39.0. The molecule has 4 aromatic rings. The molecule has 1 amide bonds. The number of nitro groups is 1. The maximum absolute atomic E-state index is 13.9. The lowest BCUT2D eigenvalue weighted by Gasteiger charge is -2.25. The van der Waals surface area contributed by atoms with Crippen molar-refractivity contribution in [1.29, 1.82) is 0 Å². The van der Waals surface area contributed by atoms with E-state index >= 15 is 0 Å². The summed E-state index contributed by atoms with van der Waals surface area (Å²) in [5, 5.41) is 11.1. The summed E-state index contributed by atoms with van der Waals surface area (Å²) >= 11 is 0. The number of fused-ring (bicyclic) bond motifs is 3. The zero-order valence-electron chi connectivity index (χ0n) is 17.9. The number of non-ortho nitro benzene ring substituents is 1. The number of hydrogen-bond donors (Lipinski definition) is 0. The normalized spacial score (nSPS) is 16.1. The van der Waals surface area contributed by atoms with E-state index in [1.54, 1.807) is 18.2 Å². The van der Waals surface area contributed by atoms with Crippen LogP contribution in [0.2, 0.25) is 0 Å². The van der Waals surface area contributed by atoms with Crippen molar-refractivity contribution >= 4 is 22.6 Å². The van der Waals surface area contributed by atoms with Gasteiger partial charge in [-0.1, -0.05) is 6.07 Å². The Morgan fingerprint density at radius 3 is 2.54 bits per heavy atom. The molecule has 0 bridgehead atoms. The van der Waals surface area contributed by atoms with Gasteiger partial charge in [0, 0.05) is 18.7 Å². The van der Waals surface area contributed by atoms with Gasteiger partial charge in [-0.3, -0.25) is 19.7 Å². The smallest absolute Gasteiger partial charge is 0.291 e. The number of benzene rings is 3. The lowest BCUT2D eigenvalue weighted by atomic mass is 9.98. The number of halogens is 1. The number of rotatable bonds is 4. The van der Waals surface area contributed by atoms with E-state index in [4.69, 9.17) is 13.9 Å². The van der Waals surface area contributed by atoms with Crippen LogP contribution in [0, 0.1) is 15.9 Å². The highest BCUT2D eigenvalue weighted by Crippen LogP contribution is 2.40. The van der Waals surface area contributed by atoms with E-state index in [2.05, 4.69) is 0 Å². The van der Waals surface area contributed by atoms with Gasteiger partial charge in [0.25, 0.3) is 11.6 Å². The third kappa shape index (κ3) is 3.30. The molecule has 10 heteroatoms. The first kappa shape index (κ1) is 20.8. The molecule has 0 radical (unpaired) electrons. The van der Waals surface area contributed by atoms with Crippen LogP contribution in [0.25, 0.3) is 11.0 Å². The SMILES string of the molecule is O=C1c2oc3ccc(F)cc3c(=O)c2C(c2ccc([N+](=O)[O-])cc2)N1Cc1ccc2c(c1)OCO2. The Balaban J connectivity index is 1.51. The molecule has 1 atom stereocenters. The fraction of sp³-hybridized carbons (Fsp3) is 0.120. The zero-order valence-corrected chi connectivity index (χ0v) is 17.9. The molecule has 0 aliphatic carbocycles. The largest absolute Gasteiger partial charge is 0.454 e. The molecule has 0 saturated heterocycles. The van der Waals surface area contributed by atoms with Crippen molar-refractivity contribution in [3.63, 3.8) is 0 Å². The van der Waals surface area contributed by atoms with E-state index in [-0.39, 0.29) is 41.3 Å². The number of carbonyl (C=O) groups excluding carboxylic acids is 1. The molecule has 174 valence electrons. The minimum Gasteiger partial charge on any atom is -0.454 e. The van der Waals surface area contributed by atoms with E-state index in [9.17, 15) is 24.1 Å². The molecule has 9 nitrogen and oxygen atoms in total. The van der Waals surface area contributed by atoms with Crippen LogP contribution >= 0.6 is 0 Å². The predicted molar refractivity (Wildman–Crippen MR) is 120 cm³/mol. The minimum atomic E-state index is -0.896. The summed E-state index contributed by atoms with van der Waals surface area (Å²) in [6, 6.07) is 13.5. The summed E-state index contributed by atoms with van der Waals surface area (Å²) in [5.41, 5.74) is 0.675. The second kappa shape index (κ2) is 7.66. The Morgan fingerprint density at radius 1 is 1.00 bits per heavy atom. The van der Waals surface area contributed by atoms with Crippen molar-refractivity contribution in [2.45, 2.75) is 12.6 Å². The zero-order chi connectivity index (χ0) is 24.3. The van der Waals surface area contributed by atoms with E-state index in [1.807, 2.05) is 0 Å². The molecular weight excluding hydrogens is 459 g/mol. The van der Waals surface area contributed by atoms with E-state index < -0.39 is 28.1 Å². The van der Waals surface area contributed by atoms with Crippen LogP contribution in [0.4, 0.5) is 10.1 Å². The highest BCUT2D eigenvalue weighted by Gasteiger charge is 2.43. The van der Waals surface area contributed by atoms with Crippen LogP contribution in [0.15, 0.2) is 69.9 Å². The molecule has 35 heavy (non-hydrogen) atoms. The van der Waals surface area contributed by atoms with Gasteiger partial charge in [0.2, 0.25) is 12.6 Å². The van der Waals surface area contributed by atoms with Gasteiger partial charge in [0.05, 0.1) is 21.9 Å². The van der Waals surface area contributed by atoms with Gasteiger partial charge in [-0.05, 0) is 53.6 Å². The molecule has 0 spiro atoms. The Labute approximate surface area is 196 Å². The van der Waals surface area contributed by atoms with Crippen molar-refractivity contribution in [2.24, 2.45) is 0 Å².